The Bertz CT molecular complexity index is 1460. The van der Waals surface area contributed by atoms with Crippen LogP contribution in [-0.4, -0.2) is 29.2 Å². The number of pyridine rings is 1. The molecule has 0 bridgehead atoms. The van der Waals surface area contributed by atoms with Crippen molar-refractivity contribution >= 4 is 18.7 Å². The van der Waals surface area contributed by atoms with E-state index in [0.29, 0.717) is 35.6 Å². The molecule has 2 aromatic heterocycles. The molecule has 2 saturated carbocycles. The first-order chi connectivity index (χ1) is 19.5. The van der Waals surface area contributed by atoms with Gasteiger partial charge in [0.2, 0.25) is 0 Å². The van der Waals surface area contributed by atoms with Crippen molar-refractivity contribution in [3.8, 4) is 11.3 Å². The molecule has 4 aromatic rings. The molecule has 0 aliphatic heterocycles. The fourth-order valence-corrected chi connectivity index (χ4v) is 11.8. The number of nitrogens with zero attached hydrogens (tertiary/aromatic N) is 3. The minimum atomic E-state index is -4.44. The van der Waals surface area contributed by atoms with Crippen LogP contribution in [0.3, 0.4) is 0 Å². The Morgan fingerprint density at radius 3 is 1.98 bits per heavy atom. The highest BCUT2D eigenvalue weighted by molar-refractivity contribution is 6.99. The van der Waals surface area contributed by atoms with Gasteiger partial charge in [-0.05, 0) is 59.1 Å². The fourth-order valence-electron chi connectivity index (χ4n) is 7.10. The molecule has 0 saturated heterocycles. The first kappa shape index (κ1) is 27.9. The lowest BCUT2D eigenvalue weighted by molar-refractivity contribution is -0.137. The van der Waals surface area contributed by atoms with Crippen LogP contribution in [0, 0.1) is 11.8 Å². The molecule has 4 nitrogen and oxygen atoms in total. The van der Waals surface area contributed by atoms with Gasteiger partial charge in [0, 0.05) is 42.2 Å². The van der Waals surface area contributed by atoms with Gasteiger partial charge in [-0.15, -0.1) is 0 Å². The first-order valence-electron chi connectivity index (χ1n) is 14.4. The molecule has 4 atom stereocenters. The van der Waals surface area contributed by atoms with Gasteiger partial charge < -0.3 is 4.43 Å². The van der Waals surface area contributed by atoms with Gasteiger partial charge in [-0.25, -0.2) is 0 Å². The maximum Gasteiger partial charge on any atom is 0.417 e. The molecule has 2 heterocycles. The van der Waals surface area contributed by atoms with E-state index in [1.165, 1.54) is 16.6 Å². The number of rotatable bonds is 7. The van der Waals surface area contributed by atoms with Crippen LogP contribution >= 0.6 is 0 Å². The average molecular weight is 576 g/mol. The molecular weight excluding hydrogens is 539 g/mol. The van der Waals surface area contributed by atoms with Crippen molar-refractivity contribution in [2.45, 2.75) is 70.3 Å². The molecular formula is C33H36F3N3OSi. The van der Waals surface area contributed by atoms with E-state index in [4.69, 9.17) is 4.43 Å². The van der Waals surface area contributed by atoms with Gasteiger partial charge in [0.1, 0.15) is 0 Å². The predicted molar refractivity (Wildman–Crippen MR) is 158 cm³/mol. The van der Waals surface area contributed by atoms with Crippen molar-refractivity contribution < 1.29 is 17.6 Å². The van der Waals surface area contributed by atoms with Crippen LogP contribution in [0.4, 0.5) is 13.2 Å². The molecule has 2 fully saturated rings. The Morgan fingerprint density at radius 1 is 0.878 bits per heavy atom. The smallest absolute Gasteiger partial charge is 0.404 e. The largest absolute Gasteiger partial charge is 0.417 e. The van der Waals surface area contributed by atoms with Crippen LogP contribution in [0.15, 0.2) is 85.2 Å². The summed E-state index contributed by atoms with van der Waals surface area (Å²) >= 11 is 0. The second-order valence-corrected chi connectivity index (χ2v) is 16.7. The molecule has 0 N–H and O–H groups in total. The highest BCUT2D eigenvalue weighted by Gasteiger charge is 2.60. The van der Waals surface area contributed by atoms with Gasteiger partial charge in [-0.3, -0.25) is 9.67 Å². The third-order valence-electron chi connectivity index (χ3n) is 8.98. The Labute approximate surface area is 240 Å². The molecule has 0 spiro atoms. The van der Waals surface area contributed by atoms with Crippen LogP contribution in [0.5, 0.6) is 0 Å². The van der Waals surface area contributed by atoms with E-state index in [-0.39, 0.29) is 11.1 Å². The van der Waals surface area contributed by atoms with Crippen LogP contribution in [-0.2, 0) is 17.1 Å². The summed E-state index contributed by atoms with van der Waals surface area (Å²) in [7, 11) is -2.62. The van der Waals surface area contributed by atoms with Crippen molar-refractivity contribution in [1.29, 1.82) is 0 Å². The summed E-state index contributed by atoms with van der Waals surface area (Å²) in [6.07, 6.45) is 0.0102. The van der Waals surface area contributed by atoms with Gasteiger partial charge in [0.05, 0.1) is 11.3 Å². The monoisotopic (exact) mass is 575 g/mol. The van der Waals surface area contributed by atoms with Crippen molar-refractivity contribution in [1.82, 2.24) is 14.8 Å². The van der Waals surface area contributed by atoms with Crippen molar-refractivity contribution in [3.63, 3.8) is 0 Å². The molecule has 8 heteroatoms. The zero-order valence-corrected chi connectivity index (χ0v) is 24.9. The standard InChI is InChI=1S/C33H36F3N3OSi/c1-5-39-30(19-29(38-39)22-16-23(21-37-20-22)33(34,35)36)31-27-17-24(18-28(27)31)40-41(32(2,3)4,25-12-8-6-9-13-25)26-14-10-7-11-15-26/h6-16,19-21,24,27-28,31H,5,17-18H2,1-4H3/t24?,27-,28+,31?. The Balaban J connectivity index is 1.26. The summed E-state index contributed by atoms with van der Waals surface area (Å²) in [5, 5.41) is 7.19. The second-order valence-electron chi connectivity index (χ2n) is 12.5. The quantitative estimate of drug-likeness (QED) is 0.222. The van der Waals surface area contributed by atoms with Crippen LogP contribution in [0.1, 0.15) is 57.7 Å². The SMILES string of the molecule is CCn1nc(-c2cncc(C(F)(F)F)c2)cc1C1[C@H]2CC(O[Si](c3ccccc3)(c3ccccc3)C(C)(C)C)C[C@@H]12. The molecule has 41 heavy (non-hydrogen) atoms. The van der Waals surface area contributed by atoms with Gasteiger partial charge in [0.25, 0.3) is 8.32 Å². The van der Waals surface area contributed by atoms with E-state index in [0.717, 1.165) is 30.8 Å². The van der Waals surface area contributed by atoms with Crippen molar-refractivity contribution in [3.05, 3.63) is 96.4 Å². The minimum Gasteiger partial charge on any atom is -0.404 e. The number of aromatic nitrogens is 3. The third-order valence-corrected chi connectivity index (χ3v) is 14.1. The molecule has 0 radical (unpaired) electrons. The summed E-state index contributed by atoms with van der Waals surface area (Å²) in [5.74, 6) is 1.34. The van der Waals surface area contributed by atoms with E-state index in [1.807, 2.05) is 17.7 Å². The first-order valence-corrected chi connectivity index (χ1v) is 16.3. The summed E-state index contributed by atoms with van der Waals surface area (Å²) in [4.78, 5) is 3.84. The minimum absolute atomic E-state index is 0.0728. The molecule has 2 aliphatic carbocycles. The maximum absolute atomic E-state index is 13.3. The summed E-state index contributed by atoms with van der Waals surface area (Å²) < 4.78 is 49.2. The molecule has 214 valence electrons. The van der Waals surface area contributed by atoms with E-state index in [1.54, 1.807) is 0 Å². The molecule has 6 rings (SSSR count). The lowest BCUT2D eigenvalue weighted by atomic mass is 10.1. The van der Waals surface area contributed by atoms with E-state index in [2.05, 4.69) is 91.5 Å². The van der Waals surface area contributed by atoms with Crippen molar-refractivity contribution in [2.75, 3.05) is 0 Å². The van der Waals surface area contributed by atoms with Crippen molar-refractivity contribution in [2.24, 2.45) is 11.8 Å². The fraction of sp³-hybridized carbons (Fsp3) is 0.394. The van der Waals surface area contributed by atoms with Gasteiger partial charge in [-0.2, -0.15) is 18.3 Å². The molecule has 2 aromatic carbocycles. The topological polar surface area (TPSA) is 39.9 Å². The van der Waals surface area contributed by atoms with Crippen LogP contribution < -0.4 is 10.4 Å². The normalized spacial score (nSPS) is 22.5. The summed E-state index contributed by atoms with van der Waals surface area (Å²) in [5.41, 5.74) is 1.30. The lowest BCUT2D eigenvalue weighted by Gasteiger charge is -2.45. The number of aryl methyl sites for hydroxylation is 1. The third kappa shape index (κ3) is 4.95. The number of hydrogen-bond donors (Lipinski definition) is 0. The number of benzene rings is 2. The molecule has 0 amide bonds. The summed E-state index contributed by atoms with van der Waals surface area (Å²) in [6.45, 7) is 9.61. The van der Waals surface area contributed by atoms with Gasteiger partial charge in [0.15, 0.2) is 0 Å². The van der Waals surface area contributed by atoms with E-state index >= 15 is 0 Å². The highest BCUT2D eigenvalue weighted by atomic mass is 28.4. The van der Waals surface area contributed by atoms with Crippen LogP contribution in [0.2, 0.25) is 5.04 Å². The molecule has 2 unspecified atom stereocenters. The zero-order chi connectivity index (χ0) is 29.0. The van der Waals surface area contributed by atoms with Gasteiger partial charge in [-0.1, -0.05) is 81.4 Å². The van der Waals surface area contributed by atoms with E-state index < -0.39 is 20.1 Å². The Hall–Kier alpha value is -3.23. The van der Waals surface area contributed by atoms with Crippen LogP contribution in [0.25, 0.3) is 11.3 Å². The van der Waals surface area contributed by atoms with Gasteiger partial charge >= 0.3 is 6.18 Å². The Kier molecular flexibility index (Phi) is 6.97. The number of halogens is 3. The zero-order valence-electron chi connectivity index (χ0n) is 23.9. The average Bonchev–Trinajstić information content (AvgIpc) is 3.26. The predicted octanol–water partition coefficient (Wildman–Crippen LogP) is 7.05. The summed E-state index contributed by atoms with van der Waals surface area (Å²) in [6, 6.07) is 24.6. The number of hydrogen-bond acceptors (Lipinski definition) is 3. The second kappa shape index (κ2) is 10.2. The lowest BCUT2D eigenvalue weighted by Crippen LogP contribution is -2.67. The number of alkyl halides is 3. The highest BCUT2D eigenvalue weighted by Crippen LogP contribution is 2.64. The maximum atomic E-state index is 13.3. The van der Waals surface area contributed by atoms with E-state index in [9.17, 15) is 13.2 Å². The molecule has 2 aliphatic rings. The Morgan fingerprint density at radius 2 is 1.46 bits per heavy atom. The number of fused-ring (bicyclic) bond motifs is 1.